The largest absolute Gasteiger partial charge is 0.353 e. The Kier molecular flexibility index (Phi) is 5.38. The molecule has 0 amide bonds. The number of hydrogen-bond acceptors (Lipinski definition) is 2. The van der Waals surface area contributed by atoms with Crippen LogP contribution in [0.3, 0.4) is 0 Å². The van der Waals surface area contributed by atoms with E-state index in [4.69, 9.17) is 9.47 Å². The molecular weight excluding hydrogens is 204 g/mol. The van der Waals surface area contributed by atoms with Crippen LogP contribution in [0.5, 0.6) is 0 Å². The topological polar surface area (TPSA) is 18.5 Å². The molecule has 15 heavy (non-hydrogen) atoms. The first kappa shape index (κ1) is 12.8. The molecule has 0 aromatic heterocycles. The Hall–Kier alpha value is -0.303. The summed E-state index contributed by atoms with van der Waals surface area (Å²) in [5, 5.41) is 0. The molecule has 0 aliphatic carbocycles. The SMILES string of the molecule is C[Si](C)(C)C#CCCO[C@@H]1CCCCO1. The first-order valence-corrected chi connectivity index (χ1v) is 9.31. The van der Waals surface area contributed by atoms with Crippen molar-refractivity contribution in [3.63, 3.8) is 0 Å². The molecule has 0 aromatic rings. The predicted molar refractivity (Wildman–Crippen MR) is 65.3 cm³/mol. The van der Waals surface area contributed by atoms with Crippen LogP contribution in [0.15, 0.2) is 0 Å². The van der Waals surface area contributed by atoms with Crippen LogP contribution in [0.1, 0.15) is 25.7 Å². The lowest BCUT2D eigenvalue weighted by molar-refractivity contribution is -0.161. The summed E-state index contributed by atoms with van der Waals surface area (Å²) in [5.74, 6) is 3.20. The van der Waals surface area contributed by atoms with Gasteiger partial charge in [0.1, 0.15) is 8.07 Å². The van der Waals surface area contributed by atoms with Crippen LogP contribution in [0.2, 0.25) is 19.6 Å². The fourth-order valence-electron chi connectivity index (χ4n) is 1.41. The third-order valence-electron chi connectivity index (χ3n) is 2.13. The molecule has 1 heterocycles. The van der Waals surface area contributed by atoms with Gasteiger partial charge >= 0.3 is 0 Å². The van der Waals surface area contributed by atoms with Crippen molar-refractivity contribution in [1.29, 1.82) is 0 Å². The summed E-state index contributed by atoms with van der Waals surface area (Å²) in [6.07, 6.45) is 4.32. The van der Waals surface area contributed by atoms with Crippen molar-refractivity contribution in [3.05, 3.63) is 0 Å². The van der Waals surface area contributed by atoms with Crippen molar-refractivity contribution in [2.75, 3.05) is 13.2 Å². The molecule has 0 unspecified atom stereocenters. The van der Waals surface area contributed by atoms with E-state index in [0.717, 1.165) is 19.4 Å². The van der Waals surface area contributed by atoms with Gasteiger partial charge in [0.05, 0.1) is 6.61 Å². The highest BCUT2D eigenvalue weighted by atomic mass is 28.3. The van der Waals surface area contributed by atoms with Crippen LogP contribution in [-0.4, -0.2) is 27.6 Å². The van der Waals surface area contributed by atoms with Crippen molar-refractivity contribution in [2.45, 2.75) is 51.6 Å². The summed E-state index contributed by atoms with van der Waals surface area (Å²) in [6, 6.07) is 0. The Labute approximate surface area is 94.4 Å². The van der Waals surface area contributed by atoms with Crippen LogP contribution in [0, 0.1) is 11.5 Å². The highest BCUT2D eigenvalue weighted by Gasteiger charge is 2.13. The quantitative estimate of drug-likeness (QED) is 0.418. The van der Waals surface area contributed by atoms with E-state index in [9.17, 15) is 0 Å². The summed E-state index contributed by atoms with van der Waals surface area (Å²) in [7, 11) is -1.19. The van der Waals surface area contributed by atoms with Gasteiger partial charge in [-0.05, 0) is 19.3 Å². The molecule has 3 heteroatoms. The van der Waals surface area contributed by atoms with Gasteiger partial charge in [-0.3, -0.25) is 0 Å². The maximum atomic E-state index is 5.59. The van der Waals surface area contributed by atoms with Gasteiger partial charge in [0.15, 0.2) is 6.29 Å². The molecule has 1 atom stereocenters. The molecule has 86 valence electrons. The Bertz CT molecular complexity index is 228. The molecule has 2 nitrogen and oxygen atoms in total. The van der Waals surface area contributed by atoms with Crippen molar-refractivity contribution in [2.24, 2.45) is 0 Å². The first-order valence-electron chi connectivity index (χ1n) is 5.81. The van der Waals surface area contributed by atoms with Crippen molar-refractivity contribution < 1.29 is 9.47 Å². The number of rotatable bonds is 3. The van der Waals surface area contributed by atoms with Crippen LogP contribution in [0.4, 0.5) is 0 Å². The van der Waals surface area contributed by atoms with Gasteiger partial charge in [-0.15, -0.1) is 11.5 Å². The molecule has 1 aliphatic heterocycles. The Morgan fingerprint density at radius 2 is 2.13 bits per heavy atom. The normalized spacial score (nSPS) is 21.9. The zero-order chi connectivity index (χ0) is 11.1. The second-order valence-electron chi connectivity index (χ2n) is 4.97. The molecule has 1 fully saturated rings. The fourth-order valence-corrected chi connectivity index (χ4v) is 2.07. The Morgan fingerprint density at radius 1 is 1.33 bits per heavy atom. The molecule has 1 aliphatic rings. The monoisotopic (exact) mass is 226 g/mol. The van der Waals surface area contributed by atoms with Crippen LogP contribution < -0.4 is 0 Å². The van der Waals surface area contributed by atoms with Gasteiger partial charge in [0.2, 0.25) is 0 Å². The molecule has 0 N–H and O–H groups in total. The fraction of sp³-hybridized carbons (Fsp3) is 0.833. The molecule has 0 saturated carbocycles. The minimum Gasteiger partial charge on any atom is -0.353 e. The number of ether oxygens (including phenoxy) is 2. The van der Waals surface area contributed by atoms with Crippen molar-refractivity contribution in [3.8, 4) is 11.5 Å². The maximum absolute atomic E-state index is 5.59. The van der Waals surface area contributed by atoms with Crippen LogP contribution >= 0.6 is 0 Å². The average Bonchev–Trinajstić information content (AvgIpc) is 2.17. The second kappa shape index (κ2) is 6.32. The van der Waals surface area contributed by atoms with Gasteiger partial charge in [-0.1, -0.05) is 19.6 Å². The van der Waals surface area contributed by atoms with E-state index in [-0.39, 0.29) is 6.29 Å². The predicted octanol–water partition coefficient (Wildman–Crippen LogP) is 2.80. The highest BCUT2D eigenvalue weighted by Crippen LogP contribution is 2.13. The van der Waals surface area contributed by atoms with E-state index in [1.807, 2.05) is 0 Å². The molecule has 0 aromatic carbocycles. The van der Waals surface area contributed by atoms with Gasteiger partial charge in [0, 0.05) is 13.0 Å². The van der Waals surface area contributed by atoms with Gasteiger partial charge in [-0.2, -0.15) is 0 Å². The third-order valence-corrected chi connectivity index (χ3v) is 3.06. The molecule has 0 spiro atoms. The minimum absolute atomic E-state index is 0.0347. The van der Waals surface area contributed by atoms with E-state index in [0.29, 0.717) is 6.61 Å². The van der Waals surface area contributed by atoms with Gasteiger partial charge in [-0.25, -0.2) is 0 Å². The Balaban J connectivity index is 2.07. The maximum Gasteiger partial charge on any atom is 0.157 e. The average molecular weight is 226 g/mol. The number of hydrogen-bond donors (Lipinski definition) is 0. The molecular formula is C12H22O2Si. The minimum atomic E-state index is -1.19. The van der Waals surface area contributed by atoms with Crippen molar-refractivity contribution in [1.82, 2.24) is 0 Å². The van der Waals surface area contributed by atoms with E-state index >= 15 is 0 Å². The lowest BCUT2D eigenvalue weighted by Crippen LogP contribution is -2.22. The second-order valence-corrected chi connectivity index (χ2v) is 9.72. The Morgan fingerprint density at radius 3 is 2.73 bits per heavy atom. The zero-order valence-electron chi connectivity index (χ0n) is 10.1. The lowest BCUT2D eigenvalue weighted by Gasteiger charge is -2.22. The summed E-state index contributed by atoms with van der Waals surface area (Å²) in [6.45, 7) is 8.33. The van der Waals surface area contributed by atoms with E-state index < -0.39 is 8.07 Å². The molecule has 0 radical (unpaired) electrons. The summed E-state index contributed by atoms with van der Waals surface area (Å²) in [4.78, 5) is 0. The van der Waals surface area contributed by atoms with Crippen LogP contribution in [0.25, 0.3) is 0 Å². The zero-order valence-corrected chi connectivity index (χ0v) is 11.1. The van der Waals surface area contributed by atoms with Crippen LogP contribution in [-0.2, 0) is 9.47 Å². The first-order chi connectivity index (χ1) is 7.08. The van der Waals surface area contributed by atoms with E-state index in [1.54, 1.807) is 0 Å². The van der Waals surface area contributed by atoms with Gasteiger partial charge < -0.3 is 9.47 Å². The summed E-state index contributed by atoms with van der Waals surface area (Å²) < 4.78 is 11.1. The summed E-state index contributed by atoms with van der Waals surface area (Å²) in [5.41, 5.74) is 3.33. The molecule has 1 saturated heterocycles. The summed E-state index contributed by atoms with van der Waals surface area (Å²) >= 11 is 0. The van der Waals surface area contributed by atoms with E-state index in [2.05, 4.69) is 31.1 Å². The smallest absolute Gasteiger partial charge is 0.157 e. The van der Waals surface area contributed by atoms with Gasteiger partial charge in [0.25, 0.3) is 0 Å². The third kappa shape index (κ3) is 6.72. The highest BCUT2D eigenvalue weighted by molar-refractivity contribution is 6.83. The lowest BCUT2D eigenvalue weighted by atomic mass is 10.2. The van der Waals surface area contributed by atoms with E-state index in [1.165, 1.54) is 12.8 Å². The molecule has 0 bridgehead atoms. The molecule has 1 rings (SSSR count). The van der Waals surface area contributed by atoms with Crippen molar-refractivity contribution >= 4 is 8.07 Å². The standard InChI is InChI=1S/C12H22O2Si/c1-15(2,3)11-7-6-10-14-12-8-4-5-9-13-12/h12H,4-6,8-10H2,1-3H3/t12-/m1/s1.